The summed E-state index contributed by atoms with van der Waals surface area (Å²) in [5.41, 5.74) is 5.11. The predicted molar refractivity (Wildman–Crippen MR) is 82.3 cm³/mol. The normalized spacial score (nSPS) is 11.4. The molecular weight excluding hydrogens is 250 g/mol. The fraction of sp³-hybridized carbons (Fsp3) is 0.471. The minimum Gasteiger partial charge on any atom is -0.481 e. The number of aryl methyl sites for hydroxylation is 2. The molecule has 0 saturated heterocycles. The van der Waals surface area contributed by atoms with E-state index in [-0.39, 0.29) is 6.42 Å². The van der Waals surface area contributed by atoms with E-state index in [1.165, 1.54) is 27.7 Å². The van der Waals surface area contributed by atoms with Gasteiger partial charge in [-0.05, 0) is 48.9 Å². The van der Waals surface area contributed by atoms with Gasteiger partial charge in [-0.1, -0.05) is 19.9 Å². The Hall–Kier alpha value is -1.77. The molecule has 0 fully saturated rings. The van der Waals surface area contributed by atoms with Crippen molar-refractivity contribution in [2.24, 2.45) is 7.05 Å². The molecule has 0 spiro atoms. The minimum atomic E-state index is -0.717. The number of fused-ring (bicyclic) bond motifs is 1. The minimum absolute atomic E-state index is 0.236. The van der Waals surface area contributed by atoms with E-state index in [0.29, 0.717) is 12.3 Å². The van der Waals surface area contributed by atoms with Gasteiger partial charge in [0.1, 0.15) is 0 Å². The van der Waals surface area contributed by atoms with E-state index in [1.807, 2.05) is 0 Å². The molecule has 0 aliphatic heterocycles. The number of carboxylic acid groups (broad SMARTS) is 1. The van der Waals surface area contributed by atoms with Gasteiger partial charge in [-0.15, -0.1) is 0 Å². The summed E-state index contributed by atoms with van der Waals surface area (Å²) < 4.78 is 2.20. The molecule has 0 saturated carbocycles. The van der Waals surface area contributed by atoms with Crippen molar-refractivity contribution in [3.8, 4) is 0 Å². The van der Waals surface area contributed by atoms with E-state index in [4.69, 9.17) is 5.11 Å². The smallest absolute Gasteiger partial charge is 0.303 e. The van der Waals surface area contributed by atoms with Gasteiger partial charge in [0, 0.05) is 30.1 Å². The van der Waals surface area contributed by atoms with Gasteiger partial charge in [-0.2, -0.15) is 0 Å². The fourth-order valence-corrected chi connectivity index (χ4v) is 2.76. The summed E-state index contributed by atoms with van der Waals surface area (Å²) in [4.78, 5) is 10.7. The molecule has 20 heavy (non-hydrogen) atoms. The lowest BCUT2D eigenvalue weighted by Gasteiger charge is -2.06. The van der Waals surface area contributed by atoms with Crippen LogP contribution in [0.15, 0.2) is 18.2 Å². The van der Waals surface area contributed by atoms with Crippen LogP contribution in [0, 0.1) is 6.92 Å². The van der Waals surface area contributed by atoms with Crippen molar-refractivity contribution >= 4 is 16.9 Å². The Balaban J connectivity index is 2.43. The number of carboxylic acids is 1. The van der Waals surface area contributed by atoms with Crippen LogP contribution in [0.2, 0.25) is 0 Å². The van der Waals surface area contributed by atoms with E-state index >= 15 is 0 Å². The van der Waals surface area contributed by atoms with Crippen LogP contribution in [-0.4, -0.2) is 15.6 Å². The molecule has 0 aliphatic rings. The van der Waals surface area contributed by atoms with Crippen LogP contribution in [0.5, 0.6) is 0 Å². The van der Waals surface area contributed by atoms with Gasteiger partial charge in [-0.25, -0.2) is 0 Å². The number of hydrogen-bond acceptors (Lipinski definition) is 1. The van der Waals surface area contributed by atoms with Gasteiger partial charge in [0.05, 0.1) is 0 Å². The van der Waals surface area contributed by atoms with E-state index in [0.717, 1.165) is 6.42 Å². The molecule has 2 aromatic rings. The second kappa shape index (κ2) is 5.70. The quantitative estimate of drug-likeness (QED) is 0.894. The van der Waals surface area contributed by atoms with Gasteiger partial charge in [0.2, 0.25) is 0 Å². The highest BCUT2D eigenvalue weighted by Gasteiger charge is 2.13. The maximum Gasteiger partial charge on any atom is 0.303 e. The molecular formula is C17H23NO2. The molecule has 108 valence electrons. The molecule has 0 amide bonds. The summed E-state index contributed by atoms with van der Waals surface area (Å²) in [7, 11) is 2.08. The fourth-order valence-electron chi connectivity index (χ4n) is 2.76. The maximum absolute atomic E-state index is 10.7. The topological polar surface area (TPSA) is 42.2 Å². The van der Waals surface area contributed by atoms with Crippen LogP contribution in [0.1, 0.15) is 49.4 Å². The van der Waals surface area contributed by atoms with Crippen LogP contribution in [0.25, 0.3) is 10.9 Å². The van der Waals surface area contributed by atoms with E-state index in [1.54, 1.807) is 0 Å². The molecule has 1 N–H and O–H groups in total. The second-order valence-electron chi connectivity index (χ2n) is 5.80. The average molecular weight is 273 g/mol. The molecule has 3 heteroatoms. The van der Waals surface area contributed by atoms with Crippen LogP contribution in [0.3, 0.4) is 0 Å². The Labute approximate surface area is 120 Å². The van der Waals surface area contributed by atoms with Crippen molar-refractivity contribution in [3.05, 3.63) is 35.0 Å². The largest absolute Gasteiger partial charge is 0.481 e. The maximum atomic E-state index is 10.7. The zero-order chi connectivity index (χ0) is 14.9. The van der Waals surface area contributed by atoms with Gasteiger partial charge in [0.25, 0.3) is 0 Å². The van der Waals surface area contributed by atoms with Crippen molar-refractivity contribution in [1.29, 1.82) is 0 Å². The molecule has 3 nitrogen and oxygen atoms in total. The van der Waals surface area contributed by atoms with Crippen LogP contribution in [0.4, 0.5) is 0 Å². The van der Waals surface area contributed by atoms with E-state index in [9.17, 15) is 4.79 Å². The van der Waals surface area contributed by atoms with Crippen molar-refractivity contribution in [3.63, 3.8) is 0 Å². The van der Waals surface area contributed by atoms with Crippen molar-refractivity contribution in [2.75, 3.05) is 0 Å². The Morgan fingerprint density at radius 3 is 2.65 bits per heavy atom. The van der Waals surface area contributed by atoms with Gasteiger partial charge < -0.3 is 9.67 Å². The van der Waals surface area contributed by atoms with E-state index < -0.39 is 5.97 Å². The SMILES string of the molecule is Cc1c(CCCC(=O)O)c2cc(C(C)C)ccc2n1C. The summed E-state index contributed by atoms with van der Waals surface area (Å²) in [5.74, 6) is -0.211. The monoisotopic (exact) mass is 273 g/mol. The number of carbonyl (C=O) groups is 1. The van der Waals surface area contributed by atoms with Crippen LogP contribution < -0.4 is 0 Å². The highest BCUT2D eigenvalue weighted by molar-refractivity contribution is 5.86. The van der Waals surface area contributed by atoms with Gasteiger partial charge >= 0.3 is 5.97 Å². The number of nitrogens with zero attached hydrogens (tertiary/aromatic N) is 1. The van der Waals surface area contributed by atoms with Crippen LogP contribution in [-0.2, 0) is 18.3 Å². The Morgan fingerprint density at radius 1 is 1.35 bits per heavy atom. The summed E-state index contributed by atoms with van der Waals surface area (Å²) in [6, 6.07) is 6.63. The molecule has 0 radical (unpaired) electrons. The standard InChI is InChI=1S/C17H23NO2/c1-11(2)13-8-9-16-15(10-13)14(12(3)18(16)4)6-5-7-17(19)20/h8-11H,5-7H2,1-4H3,(H,19,20). The zero-order valence-electron chi connectivity index (χ0n) is 12.7. The average Bonchev–Trinajstić information content (AvgIpc) is 2.63. The summed E-state index contributed by atoms with van der Waals surface area (Å²) in [6.45, 7) is 6.51. The highest BCUT2D eigenvalue weighted by Crippen LogP contribution is 2.29. The van der Waals surface area contributed by atoms with Crippen molar-refractivity contribution in [2.45, 2.75) is 46.0 Å². The van der Waals surface area contributed by atoms with Gasteiger partial charge in [0.15, 0.2) is 0 Å². The summed E-state index contributed by atoms with van der Waals surface area (Å²) in [5, 5.41) is 10.1. The molecule has 1 heterocycles. The number of aromatic nitrogens is 1. The Bertz CT molecular complexity index is 638. The predicted octanol–water partition coefficient (Wildman–Crippen LogP) is 4.02. The number of aliphatic carboxylic acids is 1. The molecule has 0 bridgehead atoms. The molecule has 0 unspecified atom stereocenters. The third-order valence-electron chi connectivity index (χ3n) is 4.13. The molecule has 0 atom stereocenters. The first-order valence-corrected chi connectivity index (χ1v) is 7.21. The Kier molecular flexibility index (Phi) is 4.17. The number of hydrogen-bond donors (Lipinski definition) is 1. The number of rotatable bonds is 5. The van der Waals surface area contributed by atoms with Crippen LogP contribution >= 0.6 is 0 Å². The molecule has 0 aliphatic carbocycles. The van der Waals surface area contributed by atoms with Crippen molar-refractivity contribution in [1.82, 2.24) is 4.57 Å². The summed E-state index contributed by atoms with van der Waals surface area (Å²) >= 11 is 0. The van der Waals surface area contributed by atoms with Crippen molar-refractivity contribution < 1.29 is 9.90 Å². The summed E-state index contributed by atoms with van der Waals surface area (Å²) in [6.07, 6.45) is 1.76. The molecule has 2 rings (SSSR count). The lowest BCUT2D eigenvalue weighted by Crippen LogP contribution is -1.97. The lowest BCUT2D eigenvalue weighted by molar-refractivity contribution is -0.137. The molecule has 1 aromatic heterocycles. The number of benzene rings is 1. The van der Waals surface area contributed by atoms with Gasteiger partial charge in [-0.3, -0.25) is 4.79 Å². The Morgan fingerprint density at radius 2 is 2.05 bits per heavy atom. The zero-order valence-corrected chi connectivity index (χ0v) is 12.7. The third kappa shape index (κ3) is 2.72. The third-order valence-corrected chi connectivity index (χ3v) is 4.13. The second-order valence-corrected chi connectivity index (χ2v) is 5.80. The highest BCUT2D eigenvalue weighted by atomic mass is 16.4. The van der Waals surface area contributed by atoms with E-state index in [2.05, 4.69) is 50.6 Å². The first-order valence-electron chi connectivity index (χ1n) is 7.21. The first kappa shape index (κ1) is 14.6. The molecule has 1 aromatic carbocycles. The first-order chi connectivity index (χ1) is 9.41. The lowest BCUT2D eigenvalue weighted by atomic mass is 9.98.